The van der Waals surface area contributed by atoms with Crippen molar-refractivity contribution in [3.8, 4) is 0 Å². The van der Waals surface area contributed by atoms with Gasteiger partial charge in [0, 0.05) is 40.8 Å². The van der Waals surface area contributed by atoms with Crippen molar-refractivity contribution in [2.75, 3.05) is 26.3 Å². The maximum absolute atomic E-state index is 12.7. The Morgan fingerprint density at radius 3 is 1.80 bits per heavy atom. The highest BCUT2D eigenvalue weighted by atomic mass is 16.5. The lowest BCUT2D eigenvalue weighted by molar-refractivity contribution is 0.0304. The van der Waals surface area contributed by atoms with Gasteiger partial charge in [-0.05, 0) is 44.0 Å². The van der Waals surface area contributed by atoms with E-state index in [1.807, 2.05) is 72.5 Å². The summed E-state index contributed by atoms with van der Waals surface area (Å²) in [6.45, 7) is 8.26. The molecule has 35 heavy (non-hydrogen) atoms. The molecule has 0 atom stereocenters. The number of aromatic nitrogens is 2. The van der Waals surface area contributed by atoms with Crippen LogP contribution in [0.1, 0.15) is 52.9 Å². The molecule has 2 aromatic heterocycles. The number of nitrogens with zero attached hydrogens (tertiary/aromatic N) is 3. The van der Waals surface area contributed by atoms with Crippen molar-refractivity contribution in [1.29, 1.82) is 0 Å². The lowest BCUT2D eigenvalue weighted by Gasteiger charge is -2.27. The van der Waals surface area contributed by atoms with E-state index in [0.29, 0.717) is 26.3 Å². The summed E-state index contributed by atoms with van der Waals surface area (Å²) < 4.78 is 5.31. The summed E-state index contributed by atoms with van der Waals surface area (Å²) in [5.41, 5.74) is 5.26. The number of hydrogen-bond donors (Lipinski definition) is 0. The maximum Gasteiger partial charge on any atom is 0.254 e. The fourth-order valence-corrected chi connectivity index (χ4v) is 4.23. The quantitative estimate of drug-likeness (QED) is 0.381. The first kappa shape index (κ1) is 24.5. The van der Waals surface area contributed by atoms with E-state index in [1.54, 1.807) is 6.92 Å². The van der Waals surface area contributed by atoms with Gasteiger partial charge in [0.15, 0.2) is 5.78 Å². The third kappa shape index (κ3) is 5.54. The van der Waals surface area contributed by atoms with Gasteiger partial charge in [0.1, 0.15) is 0 Å². The first-order chi connectivity index (χ1) is 17.0. The van der Waals surface area contributed by atoms with Crippen LogP contribution in [0, 0.1) is 0 Å². The zero-order valence-electron chi connectivity index (χ0n) is 20.6. The Bertz CT molecular complexity index is 1360. The Morgan fingerprint density at radius 1 is 0.800 bits per heavy atom. The standard InChI is InChI=1S/C16H18N2O2.C13H13NO/c1-2-12-11-14(13-5-3-4-6-15(13)17-12)16(19)18-7-9-20-10-8-18;1-3-10-8-12(9(2)15)11-6-4-5-7-13(11)14-10/h3-6,11H,2,7-10H2,1H3;4-8H,3H2,1-2H3. The van der Waals surface area contributed by atoms with Crippen LogP contribution in [0.2, 0.25) is 0 Å². The molecule has 0 radical (unpaired) electrons. The number of amides is 1. The fraction of sp³-hybridized carbons (Fsp3) is 0.310. The number of pyridine rings is 2. The zero-order valence-corrected chi connectivity index (χ0v) is 20.6. The molecule has 6 nitrogen and oxygen atoms in total. The third-order valence-electron chi connectivity index (χ3n) is 6.17. The summed E-state index contributed by atoms with van der Waals surface area (Å²) in [5, 5.41) is 1.88. The van der Waals surface area contributed by atoms with Gasteiger partial charge < -0.3 is 9.64 Å². The number of Topliss-reactive ketones (excluding diaryl/α,β-unsaturated/α-hetero) is 1. The number of ether oxygens (including phenoxy) is 1. The van der Waals surface area contributed by atoms with Gasteiger partial charge >= 0.3 is 0 Å². The van der Waals surface area contributed by atoms with E-state index in [0.717, 1.165) is 57.2 Å². The van der Waals surface area contributed by atoms with Crippen LogP contribution in [-0.4, -0.2) is 52.9 Å². The van der Waals surface area contributed by atoms with Crippen molar-refractivity contribution in [3.05, 3.63) is 83.2 Å². The Labute approximate surface area is 206 Å². The summed E-state index contributed by atoms with van der Waals surface area (Å²) in [6, 6.07) is 19.4. The largest absolute Gasteiger partial charge is 0.378 e. The van der Waals surface area contributed by atoms with Gasteiger partial charge in [-0.3, -0.25) is 19.6 Å². The van der Waals surface area contributed by atoms with Gasteiger partial charge in [0.2, 0.25) is 0 Å². The SMILES string of the molecule is CCc1cc(C(=O)N2CCOCC2)c2ccccc2n1.CCc1cc(C(C)=O)c2ccccc2n1. The van der Waals surface area contributed by atoms with E-state index in [4.69, 9.17) is 4.74 Å². The summed E-state index contributed by atoms with van der Waals surface area (Å²) >= 11 is 0. The molecule has 0 saturated carbocycles. The molecule has 1 aliphatic heterocycles. The Kier molecular flexibility index (Phi) is 7.83. The van der Waals surface area contributed by atoms with Gasteiger partial charge in [-0.1, -0.05) is 50.2 Å². The first-order valence-corrected chi connectivity index (χ1v) is 12.2. The molecule has 0 unspecified atom stereocenters. The molecule has 0 N–H and O–H groups in total. The van der Waals surface area contributed by atoms with Crippen LogP contribution < -0.4 is 0 Å². The summed E-state index contributed by atoms with van der Waals surface area (Å²) in [7, 11) is 0. The number of aryl methyl sites for hydroxylation is 2. The van der Waals surface area contributed by atoms with Crippen LogP contribution in [0.4, 0.5) is 0 Å². The number of carbonyl (C=O) groups is 2. The predicted molar refractivity (Wildman–Crippen MR) is 139 cm³/mol. The summed E-state index contributed by atoms with van der Waals surface area (Å²) in [5.74, 6) is 0.185. The number of fused-ring (bicyclic) bond motifs is 2. The van der Waals surface area contributed by atoms with Gasteiger partial charge in [0.05, 0.1) is 29.8 Å². The highest BCUT2D eigenvalue weighted by Crippen LogP contribution is 2.21. The molecule has 2 aromatic carbocycles. The number of benzene rings is 2. The average molecular weight is 470 g/mol. The van der Waals surface area contributed by atoms with Gasteiger partial charge in [0.25, 0.3) is 5.91 Å². The molecule has 1 aliphatic rings. The molecule has 1 fully saturated rings. The number of morpholine rings is 1. The monoisotopic (exact) mass is 469 g/mol. The number of carbonyl (C=O) groups excluding carboxylic acids is 2. The highest BCUT2D eigenvalue weighted by Gasteiger charge is 2.21. The summed E-state index contributed by atoms with van der Waals surface area (Å²) in [4.78, 5) is 35.2. The van der Waals surface area contributed by atoms with Crippen molar-refractivity contribution < 1.29 is 14.3 Å². The topological polar surface area (TPSA) is 72.4 Å². The van der Waals surface area contributed by atoms with E-state index >= 15 is 0 Å². The van der Waals surface area contributed by atoms with Gasteiger partial charge in [-0.25, -0.2) is 0 Å². The van der Waals surface area contributed by atoms with Crippen molar-refractivity contribution in [2.45, 2.75) is 33.6 Å². The maximum atomic E-state index is 12.7. The molecule has 3 heterocycles. The number of ketones is 1. The summed E-state index contributed by atoms with van der Waals surface area (Å²) in [6.07, 6.45) is 1.68. The smallest absolute Gasteiger partial charge is 0.254 e. The average Bonchev–Trinajstić information content (AvgIpc) is 2.92. The van der Waals surface area contributed by atoms with Gasteiger partial charge in [-0.2, -0.15) is 0 Å². The van der Waals surface area contributed by atoms with Crippen LogP contribution in [-0.2, 0) is 17.6 Å². The first-order valence-electron chi connectivity index (χ1n) is 12.2. The minimum Gasteiger partial charge on any atom is -0.378 e. The van der Waals surface area contributed by atoms with E-state index < -0.39 is 0 Å². The minimum atomic E-state index is 0.0848. The van der Waals surface area contributed by atoms with Crippen LogP contribution in [0.15, 0.2) is 60.7 Å². The predicted octanol–water partition coefficient (Wildman–Crippen LogP) is 5.27. The molecule has 180 valence electrons. The van der Waals surface area contributed by atoms with Crippen LogP contribution in [0.3, 0.4) is 0 Å². The van der Waals surface area contributed by atoms with Crippen LogP contribution in [0.5, 0.6) is 0 Å². The fourth-order valence-electron chi connectivity index (χ4n) is 4.23. The third-order valence-corrected chi connectivity index (χ3v) is 6.17. The molecule has 4 aromatic rings. The number of hydrogen-bond acceptors (Lipinski definition) is 5. The number of para-hydroxylation sites is 2. The Morgan fingerprint density at radius 2 is 1.29 bits per heavy atom. The highest BCUT2D eigenvalue weighted by molar-refractivity contribution is 6.07. The zero-order chi connectivity index (χ0) is 24.8. The molecule has 0 aliphatic carbocycles. The molecule has 0 spiro atoms. The Hall–Kier alpha value is -3.64. The number of rotatable bonds is 4. The molecule has 5 rings (SSSR count). The molecule has 1 saturated heterocycles. The van der Waals surface area contributed by atoms with Crippen molar-refractivity contribution >= 4 is 33.5 Å². The molecular weight excluding hydrogens is 438 g/mol. The van der Waals surface area contributed by atoms with Crippen LogP contribution >= 0.6 is 0 Å². The second kappa shape index (κ2) is 11.2. The molecule has 0 bridgehead atoms. The Balaban J connectivity index is 0.000000172. The minimum absolute atomic E-state index is 0.0848. The lowest BCUT2D eigenvalue weighted by Crippen LogP contribution is -2.40. The van der Waals surface area contributed by atoms with E-state index in [1.165, 1.54) is 0 Å². The van der Waals surface area contributed by atoms with Crippen molar-refractivity contribution in [2.24, 2.45) is 0 Å². The van der Waals surface area contributed by atoms with Gasteiger partial charge in [-0.15, -0.1) is 0 Å². The van der Waals surface area contributed by atoms with E-state index in [-0.39, 0.29) is 11.7 Å². The van der Waals surface area contributed by atoms with E-state index in [2.05, 4.69) is 16.9 Å². The van der Waals surface area contributed by atoms with E-state index in [9.17, 15) is 9.59 Å². The second-order valence-corrected chi connectivity index (χ2v) is 8.52. The molecule has 1 amide bonds. The van der Waals surface area contributed by atoms with Crippen molar-refractivity contribution in [1.82, 2.24) is 14.9 Å². The second-order valence-electron chi connectivity index (χ2n) is 8.52. The molecular formula is C29H31N3O3. The van der Waals surface area contributed by atoms with Crippen molar-refractivity contribution in [3.63, 3.8) is 0 Å². The normalized spacial score (nSPS) is 13.4. The molecule has 6 heteroatoms. The van der Waals surface area contributed by atoms with Crippen LogP contribution in [0.25, 0.3) is 21.8 Å². The lowest BCUT2D eigenvalue weighted by atomic mass is 10.0.